The van der Waals surface area contributed by atoms with Crippen LogP contribution in [0.3, 0.4) is 0 Å². The van der Waals surface area contributed by atoms with E-state index in [9.17, 15) is 9.59 Å². The number of rotatable bonds is 4. The fraction of sp³-hybridized carbons (Fsp3) is 0.154. The van der Waals surface area contributed by atoms with Gasteiger partial charge in [-0.3, -0.25) is 4.79 Å². The Kier molecular flexibility index (Phi) is 3.19. The molecule has 1 aromatic heterocycles. The minimum Gasteiger partial charge on any atom is -0.477 e. The summed E-state index contributed by atoms with van der Waals surface area (Å²) in [4.78, 5) is 29.0. The third-order valence-electron chi connectivity index (χ3n) is 2.99. The molecule has 21 heavy (non-hydrogen) atoms. The lowest BCUT2D eigenvalue weighted by Crippen LogP contribution is -2.25. The third kappa shape index (κ3) is 2.38. The number of imidazole rings is 1. The molecule has 0 fully saturated rings. The second-order valence-corrected chi connectivity index (χ2v) is 4.26. The molecule has 1 aliphatic heterocycles. The van der Waals surface area contributed by atoms with E-state index in [1.807, 2.05) is 0 Å². The fourth-order valence-corrected chi connectivity index (χ4v) is 2.02. The minimum absolute atomic E-state index is 0.142. The maximum atomic E-state index is 12.0. The van der Waals surface area contributed by atoms with Gasteiger partial charge in [-0.05, 0) is 6.07 Å². The quantitative estimate of drug-likeness (QED) is 0.766. The number of nitrogens with zero attached hydrogens (tertiary/aromatic N) is 1. The molecule has 2 aromatic rings. The standard InChI is InChI=1S/C13H11N3O5/c17-12(9-10(13(18)19)16-5-15-9)14-4-7-2-1-3-8-11(7)21-6-20-8/h1-3,5H,4,6H2,(H,14,17)(H,15,16)(H,18,19). The third-order valence-corrected chi connectivity index (χ3v) is 2.99. The van der Waals surface area contributed by atoms with Crippen molar-refractivity contribution < 1.29 is 24.2 Å². The number of ether oxygens (including phenoxy) is 2. The molecule has 108 valence electrons. The number of amides is 1. The molecular formula is C13H11N3O5. The van der Waals surface area contributed by atoms with E-state index in [1.54, 1.807) is 18.2 Å². The number of hydrogen-bond donors (Lipinski definition) is 3. The Bertz CT molecular complexity index is 710. The van der Waals surface area contributed by atoms with E-state index in [0.29, 0.717) is 11.5 Å². The summed E-state index contributed by atoms with van der Waals surface area (Å²) in [5.41, 5.74) is 0.336. The number of aromatic carboxylic acids is 1. The molecule has 3 N–H and O–H groups in total. The van der Waals surface area contributed by atoms with E-state index >= 15 is 0 Å². The number of aromatic nitrogens is 2. The van der Waals surface area contributed by atoms with Gasteiger partial charge in [0.15, 0.2) is 22.9 Å². The van der Waals surface area contributed by atoms with Crippen LogP contribution in [0, 0.1) is 0 Å². The fourth-order valence-electron chi connectivity index (χ4n) is 2.02. The molecule has 0 aliphatic carbocycles. The van der Waals surface area contributed by atoms with Crippen molar-refractivity contribution in [1.29, 1.82) is 0 Å². The number of hydrogen-bond acceptors (Lipinski definition) is 5. The number of benzene rings is 1. The number of carboxylic acids is 1. The summed E-state index contributed by atoms with van der Waals surface area (Å²) >= 11 is 0. The zero-order valence-electron chi connectivity index (χ0n) is 10.8. The van der Waals surface area contributed by atoms with Crippen molar-refractivity contribution in [2.24, 2.45) is 0 Å². The Balaban J connectivity index is 1.74. The maximum Gasteiger partial charge on any atom is 0.354 e. The molecule has 0 unspecified atom stereocenters. The molecule has 1 aliphatic rings. The highest BCUT2D eigenvalue weighted by Crippen LogP contribution is 2.35. The Morgan fingerprint density at radius 1 is 1.38 bits per heavy atom. The topological polar surface area (TPSA) is 114 Å². The predicted molar refractivity (Wildman–Crippen MR) is 69.3 cm³/mol. The average Bonchev–Trinajstić information content (AvgIpc) is 3.12. The van der Waals surface area contributed by atoms with Gasteiger partial charge >= 0.3 is 5.97 Å². The van der Waals surface area contributed by atoms with E-state index in [0.717, 1.165) is 11.9 Å². The second-order valence-electron chi connectivity index (χ2n) is 4.26. The molecule has 1 aromatic carbocycles. The van der Waals surface area contributed by atoms with Crippen molar-refractivity contribution in [3.63, 3.8) is 0 Å². The van der Waals surface area contributed by atoms with Crippen molar-refractivity contribution in [1.82, 2.24) is 15.3 Å². The molecular weight excluding hydrogens is 278 g/mol. The van der Waals surface area contributed by atoms with E-state index < -0.39 is 11.9 Å². The van der Waals surface area contributed by atoms with Crippen LogP contribution in [-0.2, 0) is 6.54 Å². The van der Waals surface area contributed by atoms with Crippen LogP contribution >= 0.6 is 0 Å². The summed E-state index contributed by atoms with van der Waals surface area (Å²) in [6, 6.07) is 5.34. The summed E-state index contributed by atoms with van der Waals surface area (Å²) in [7, 11) is 0. The van der Waals surface area contributed by atoms with Gasteiger partial charge in [0.25, 0.3) is 5.91 Å². The van der Waals surface area contributed by atoms with E-state index in [2.05, 4.69) is 15.3 Å². The molecule has 0 bridgehead atoms. The average molecular weight is 289 g/mol. The van der Waals surface area contributed by atoms with Gasteiger partial charge in [0.2, 0.25) is 6.79 Å². The largest absolute Gasteiger partial charge is 0.477 e. The lowest BCUT2D eigenvalue weighted by Gasteiger charge is -2.07. The van der Waals surface area contributed by atoms with Gasteiger partial charge in [0.05, 0.1) is 6.33 Å². The smallest absolute Gasteiger partial charge is 0.354 e. The van der Waals surface area contributed by atoms with Crippen molar-refractivity contribution in [2.45, 2.75) is 6.54 Å². The van der Waals surface area contributed by atoms with Crippen molar-refractivity contribution in [2.75, 3.05) is 6.79 Å². The molecule has 8 heteroatoms. The van der Waals surface area contributed by atoms with Crippen molar-refractivity contribution in [3.05, 3.63) is 41.5 Å². The van der Waals surface area contributed by atoms with Gasteiger partial charge in [-0.1, -0.05) is 12.1 Å². The van der Waals surface area contributed by atoms with Gasteiger partial charge in [0, 0.05) is 12.1 Å². The lowest BCUT2D eigenvalue weighted by atomic mass is 10.2. The van der Waals surface area contributed by atoms with Gasteiger partial charge in [-0.2, -0.15) is 0 Å². The summed E-state index contributed by atoms with van der Waals surface area (Å²) < 4.78 is 10.6. The van der Waals surface area contributed by atoms with Crippen molar-refractivity contribution >= 4 is 11.9 Å². The SMILES string of the molecule is O=C(NCc1cccc2c1OCO2)c1nc[nH]c1C(=O)O. The highest BCUT2D eigenvalue weighted by atomic mass is 16.7. The van der Waals surface area contributed by atoms with Crippen LogP contribution in [0.25, 0.3) is 0 Å². The second kappa shape index (κ2) is 5.16. The number of para-hydroxylation sites is 1. The van der Waals surface area contributed by atoms with Gasteiger partial charge in [-0.15, -0.1) is 0 Å². The van der Waals surface area contributed by atoms with Crippen LogP contribution in [0.15, 0.2) is 24.5 Å². The predicted octanol–water partition coefficient (Wildman–Crippen LogP) is 0.767. The highest BCUT2D eigenvalue weighted by molar-refractivity contribution is 6.02. The number of carbonyl (C=O) groups is 2. The van der Waals surface area contributed by atoms with Crippen LogP contribution < -0.4 is 14.8 Å². The summed E-state index contributed by atoms with van der Waals surface area (Å²) in [6.45, 7) is 0.320. The Labute approximate surface area is 118 Å². The lowest BCUT2D eigenvalue weighted by molar-refractivity contribution is 0.0685. The first-order valence-corrected chi connectivity index (χ1v) is 6.09. The van der Waals surface area contributed by atoms with E-state index in [-0.39, 0.29) is 24.7 Å². The first-order valence-electron chi connectivity index (χ1n) is 6.09. The monoisotopic (exact) mass is 289 g/mol. The molecule has 0 saturated carbocycles. The van der Waals surface area contributed by atoms with Crippen LogP contribution in [-0.4, -0.2) is 33.7 Å². The Morgan fingerprint density at radius 3 is 3.05 bits per heavy atom. The number of carbonyl (C=O) groups excluding carboxylic acids is 1. The van der Waals surface area contributed by atoms with Gasteiger partial charge in [0.1, 0.15) is 0 Å². The number of carboxylic acid groups (broad SMARTS) is 1. The van der Waals surface area contributed by atoms with E-state index in [4.69, 9.17) is 14.6 Å². The zero-order chi connectivity index (χ0) is 14.8. The normalized spacial score (nSPS) is 12.2. The number of H-pyrrole nitrogens is 1. The van der Waals surface area contributed by atoms with Crippen LogP contribution in [0.5, 0.6) is 11.5 Å². The molecule has 8 nitrogen and oxygen atoms in total. The first-order chi connectivity index (χ1) is 10.2. The van der Waals surface area contributed by atoms with Crippen molar-refractivity contribution in [3.8, 4) is 11.5 Å². The molecule has 3 rings (SSSR count). The van der Waals surface area contributed by atoms with Gasteiger partial charge < -0.3 is 24.9 Å². The highest BCUT2D eigenvalue weighted by Gasteiger charge is 2.21. The summed E-state index contributed by atoms with van der Waals surface area (Å²) in [6.07, 6.45) is 1.16. The molecule has 1 amide bonds. The minimum atomic E-state index is -1.24. The summed E-state index contributed by atoms with van der Waals surface area (Å²) in [5.74, 6) is -0.619. The first kappa shape index (κ1) is 13.0. The van der Waals surface area contributed by atoms with E-state index in [1.165, 1.54) is 0 Å². The zero-order valence-corrected chi connectivity index (χ0v) is 10.8. The maximum absolute atomic E-state index is 12.0. The molecule has 0 radical (unpaired) electrons. The van der Waals surface area contributed by atoms with Crippen LogP contribution in [0.2, 0.25) is 0 Å². The Hall–Kier alpha value is -3.03. The number of nitrogens with one attached hydrogen (secondary N) is 2. The molecule has 0 atom stereocenters. The van der Waals surface area contributed by atoms with Gasteiger partial charge in [-0.25, -0.2) is 9.78 Å². The molecule has 2 heterocycles. The van der Waals surface area contributed by atoms with Crippen LogP contribution in [0.4, 0.5) is 0 Å². The molecule has 0 saturated heterocycles. The number of aromatic amines is 1. The summed E-state index contributed by atoms with van der Waals surface area (Å²) in [5, 5.41) is 11.5. The Morgan fingerprint density at radius 2 is 2.24 bits per heavy atom. The molecule has 0 spiro atoms. The van der Waals surface area contributed by atoms with Crippen LogP contribution in [0.1, 0.15) is 26.5 Å². The number of fused-ring (bicyclic) bond motifs is 1.